The average Bonchev–Trinajstić information content (AvgIpc) is 2.72. The first kappa shape index (κ1) is 10.1. The van der Waals surface area contributed by atoms with Crippen molar-refractivity contribution in [1.82, 2.24) is 0 Å². The summed E-state index contributed by atoms with van der Waals surface area (Å²) in [5.74, 6) is 0.591. The lowest BCUT2D eigenvalue weighted by molar-refractivity contribution is 0.825. The van der Waals surface area contributed by atoms with E-state index in [1.807, 2.05) is 0 Å². The highest BCUT2D eigenvalue weighted by Gasteiger charge is 2.19. The van der Waals surface area contributed by atoms with Gasteiger partial charge in [0.25, 0.3) is 0 Å². The molecule has 0 saturated carbocycles. The largest absolute Gasteiger partial charge is 0.0764 e. The Bertz CT molecular complexity index is 581. The van der Waals surface area contributed by atoms with Crippen LogP contribution in [0.5, 0.6) is 0 Å². The van der Waals surface area contributed by atoms with Crippen molar-refractivity contribution in [3.63, 3.8) is 0 Å². The number of allylic oxidation sites excluding steroid dienone is 1. The van der Waals surface area contributed by atoms with E-state index in [-0.39, 0.29) is 0 Å². The van der Waals surface area contributed by atoms with Crippen molar-refractivity contribution in [3.8, 4) is 0 Å². The minimum Gasteiger partial charge on any atom is -0.0764 e. The predicted molar refractivity (Wildman–Crippen MR) is 73.7 cm³/mol. The Kier molecular flexibility index (Phi) is 2.36. The normalized spacial score (nSPS) is 18.0. The van der Waals surface area contributed by atoms with Gasteiger partial charge in [0.05, 0.1) is 0 Å². The second-order valence-corrected chi connectivity index (χ2v) is 5.14. The number of benzene rings is 2. The second-order valence-electron chi connectivity index (χ2n) is 4.28. The quantitative estimate of drug-likeness (QED) is 0.676. The summed E-state index contributed by atoms with van der Waals surface area (Å²) in [4.78, 5) is 0. The Hall–Kier alpha value is -1.08. The highest BCUT2D eigenvalue weighted by Crippen LogP contribution is 2.40. The Morgan fingerprint density at radius 2 is 1.94 bits per heavy atom. The van der Waals surface area contributed by atoms with Crippen LogP contribution < -0.4 is 0 Å². The number of fused-ring (bicyclic) bond motifs is 3. The molecule has 3 rings (SSSR count). The zero-order valence-electron chi connectivity index (χ0n) is 9.20. The molecule has 0 amide bonds. The van der Waals surface area contributed by atoms with Crippen molar-refractivity contribution >= 4 is 32.8 Å². The molecule has 1 atom stereocenters. The fourth-order valence-corrected chi connectivity index (χ4v) is 3.17. The van der Waals surface area contributed by atoms with E-state index in [0.717, 1.165) is 0 Å². The summed E-state index contributed by atoms with van der Waals surface area (Å²) in [7, 11) is 0. The molecule has 80 valence electrons. The van der Waals surface area contributed by atoms with Gasteiger partial charge in [-0.25, -0.2) is 0 Å². The van der Waals surface area contributed by atoms with Crippen LogP contribution in [0.3, 0.4) is 0 Å². The fourth-order valence-electron chi connectivity index (χ4n) is 2.58. The molecule has 0 bridgehead atoms. The van der Waals surface area contributed by atoms with Crippen molar-refractivity contribution in [1.29, 1.82) is 0 Å². The maximum Gasteiger partial charge on any atom is 0.0259 e. The van der Waals surface area contributed by atoms with Crippen LogP contribution in [0.1, 0.15) is 30.4 Å². The van der Waals surface area contributed by atoms with Crippen molar-refractivity contribution in [2.45, 2.75) is 19.3 Å². The van der Waals surface area contributed by atoms with Gasteiger partial charge in [-0.15, -0.1) is 0 Å². The Morgan fingerprint density at radius 1 is 1.19 bits per heavy atom. The lowest BCUT2D eigenvalue weighted by Gasteiger charge is -2.13. The van der Waals surface area contributed by atoms with Gasteiger partial charge in [-0.05, 0) is 34.4 Å². The molecule has 0 saturated heterocycles. The number of rotatable bonds is 1. The van der Waals surface area contributed by atoms with Gasteiger partial charge in [0, 0.05) is 10.4 Å². The van der Waals surface area contributed by atoms with Gasteiger partial charge in [0.1, 0.15) is 0 Å². The van der Waals surface area contributed by atoms with Crippen LogP contribution >= 0.6 is 15.9 Å². The molecule has 1 aliphatic carbocycles. The number of hydrogen-bond acceptors (Lipinski definition) is 0. The summed E-state index contributed by atoms with van der Waals surface area (Å²) in [6.07, 6.45) is 5.75. The zero-order valence-corrected chi connectivity index (χ0v) is 10.8. The predicted octanol–water partition coefficient (Wildman–Crippen LogP) is 5.12. The first-order valence-corrected chi connectivity index (χ1v) is 6.50. The minimum absolute atomic E-state index is 0.591. The third-order valence-corrected chi connectivity index (χ3v) is 4.04. The third-order valence-electron chi connectivity index (χ3n) is 3.39. The number of halogens is 1. The molecule has 0 spiro atoms. The van der Waals surface area contributed by atoms with Crippen LogP contribution in [0, 0.1) is 0 Å². The van der Waals surface area contributed by atoms with E-state index in [0.29, 0.717) is 5.92 Å². The third kappa shape index (κ3) is 1.35. The summed E-state index contributed by atoms with van der Waals surface area (Å²) in [6, 6.07) is 10.9. The molecule has 0 radical (unpaired) electrons. The smallest absolute Gasteiger partial charge is 0.0259 e. The molecule has 1 unspecified atom stereocenters. The lowest BCUT2D eigenvalue weighted by Crippen LogP contribution is -1.93. The summed E-state index contributed by atoms with van der Waals surface area (Å²) in [5.41, 5.74) is 2.87. The van der Waals surface area contributed by atoms with Crippen LogP contribution in [0.15, 0.2) is 40.9 Å². The van der Waals surface area contributed by atoms with Gasteiger partial charge >= 0.3 is 0 Å². The molecule has 1 heteroatoms. The van der Waals surface area contributed by atoms with Gasteiger partial charge in [-0.3, -0.25) is 0 Å². The summed E-state index contributed by atoms with van der Waals surface area (Å²) >= 11 is 3.66. The van der Waals surface area contributed by atoms with Gasteiger partial charge in [0.2, 0.25) is 0 Å². The molecule has 0 heterocycles. The van der Waals surface area contributed by atoms with E-state index in [1.54, 1.807) is 0 Å². The maximum atomic E-state index is 3.66. The Balaban J connectivity index is 2.40. The van der Waals surface area contributed by atoms with Crippen molar-refractivity contribution < 1.29 is 0 Å². The van der Waals surface area contributed by atoms with E-state index >= 15 is 0 Å². The highest BCUT2D eigenvalue weighted by molar-refractivity contribution is 9.10. The number of hydrogen-bond donors (Lipinski definition) is 0. The molecular weight excluding hydrogens is 260 g/mol. The minimum atomic E-state index is 0.591. The summed E-state index contributed by atoms with van der Waals surface area (Å²) < 4.78 is 1.20. The molecule has 1 aliphatic rings. The molecule has 2 aromatic carbocycles. The summed E-state index contributed by atoms with van der Waals surface area (Å²) in [6.45, 7) is 2.25. The molecular formula is C15H13Br. The van der Waals surface area contributed by atoms with Crippen molar-refractivity contribution in [3.05, 3.63) is 52.0 Å². The molecule has 0 fully saturated rings. The Labute approximate surface area is 104 Å². The molecule has 0 nitrogen and oxygen atoms in total. The van der Waals surface area contributed by atoms with E-state index in [4.69, 9.17) is 0 Å². The van der Waals surface area contributed by atoms with Crippen LogP contribution in [0.2, 0.25) is 0 Å². The molecule has 2 aromatic rings. The zero-order chi connectivity index (χ0) is 11.1. The Morgan fingerprint density at radius 3 is 2.69 bits per heavy atom. The van der Waals surface area contributed by atoms with Crippen molar-refractivity contribution in [2.75, 3.05) is 0 Å². The maximum absolute atomic E-state index is 3.66. The first-order valence-electron chi connectivity index (χ1n) is 5.70. The lowest BCUT2D eigenvalue weighted by atomic mass is 9.92. The topological polar surface area (TPSA) is 0 Å². The van der Waals surface area contributed by atoms with Crippen LogP contribution in [-0.4, -0.2) is 0 Å². The monoisotopic (exact) mass is 272 g/mol. The molecule has 16 heavy (non-hydrogen) atoms. The average molecular weight is 273 g/mol. The highest BCUT2D eigenvalue weighted by atomic mass is 79.9. The first-order chi connectivity index (χ1) is 7.81. The molecule has 0 aliphatic heterocycles. The molecule has 0 aromatic heterocycles. The van der Waals surface area contributed by atoms with Crippen LogP contribution in [0.25, 0.3) is 16.8 Å². The van der Waals surface area contributed by atoms with Gasteiger partial charge < -0.3 is 0 Å². The van der Waals surface area contributed by atoms with E-state index in [9.17, 15) is 0 Å². The van der Waals surface area contributed by atoms with Crippen LogP contribution in [-0.2, 0) is 0 Å². The van der Waals surface area contributed by atoms with Gasteiger partial charge in [0.15, 0.2) is 0 Å². The van der Waals surface area contributed by atoms with Gasteiger partial charge in [-0.1, -0.05) is 59.3 Å². The fraction of sp³-hybridized carbons (Fsp3) is 0.200. The van der Waals surface area contributed by atoms with Crippen LogP contribution in [0.4, 0.5) is 0 Å². The van der Waals surface area contributed by atoms with Crippen molar-refractivity contribution in [2.24, 2.45) is 0 Å². The SMILES string of the molecule is CCC1C=Cc2cc(Br)c3ccccc3c21. The van der Waals surface area contributed by atoms with Gasteiger partial charge in [-0.2, -0.15) is 0 Å². The summed E-state index contributed by atoms with van der Waals surface area (Å²) in [5, 5.41) is 2.71. The van der Waals surface area contributed by atoms with E-state index in [1.165, 1.54) is 32.8 Å². The standard InChI is InChI=1S/C15H13Br/c1-2-10-7-8-11-9-14(16)12-5-3-4-6-13(12)15(10)11/h3-10H,2H2,1H3. The van der Waals surface area contributed by atoms with E-state index in [2.05, 4.69) is 65.3 Å². The second kappa shape index (κ2) is 3.74. The van der Waals surface area contributed by atoms with E-state index < -0.39 is 0 Å². The molecule has 0 N–H and O–H groups in total.